The van der Waals surface area contributed by atoms with Crippen molar-refractivity contribution in [2.24, 2.45) is 0 Å². The number of nitrogens with zero attached hydrogens (tertiary/aromatic N) is 2. The Morgan fingerprint density at radius 1 is 0.221 bits per heavy atom. The van der Waals surface area contributed by atoms with Crippen molar-refractivity contribution in [3.05, 3.63) is 313 Å². The van der Waals surface area contributed by atoms with Gasteiger partial charge in [0.1, 0.15) is 0 Å². The third-order valence-electron chi connectivity index (χ3n) is 16.8. The van der Waals surface area contributed by atoms with Gasteiger partial charge in [0.05, 0.1) is 27.5 Å². The molecule has 2 nitrogen and oxygen atoms in total. The molecule has 15 aromatic rings. The Hall–Kier alpha value is -10.0. The molecule has 0 N–H and O–H groups in total. The van der Waals surface area contributed by atoms with Crippen molar-refractivity contribution in [1.82, 2.24) is 9.13 Å². The highest BCUT2D eigenvalue weighted by molar-refractivity contribution is 6.22. The van der Waals surface area contributed by atoms with Crippen LogP contribution in [-0.2, 0) is 5.41 Å². The average molecular weight is 977 g/mol. The Bertz CT molecular complexity index is 4740. The molecule has 0 radical (unpaired) electrons. The van der Waals surface area contributed by atoms with E-state index in [1.807, 2.05) is 0 Å². The fourth-order valence-corrected chi connectivity index (χ4v) is 13.6. The third-order valence-corrected chi connectivity index (χ3v) is 16.8. The molecule has 2 heterocycles. The van der Waals surface area contributed by atoms with E-state index in [9.17, 15) is 0 Å². The molecule has 0 saturated heterocycles. The molecule has 0 unspecified atom stereocenters. The van der Waals surface area contributed by atoms with Crippen LogP contribution in [0.1, 0.15) is 22.3 Å². The average Bonchev–Trinajstić information content (AvgIpc) is 4.34. The summed E-state index contributed by atoms with van der Waals surface area (Å²) in [6.07, 6.45) is 0. The molecular weight excluding hydrogens is 929 g/mol. The summed E-state index contributed by atoms with van der Waals surface area (Å²) in [7, 11) is 0. The zero-order chi connectivity index (χ0) is 50.6. The number of fused-ring (bicyclic) bond motifs is 11. The van der Waals surface area contributed by atoms with E-state index in [2.05, 4.69) is 300 Å². The lowest BCUT2D eigenvalue weighted by Crippen LogP contribution is -2.28. The highest BCUT2D eigenvalue weighted by Gasteiger charge is 2.46. The van der Waals surface area contributed by atoms with Gasteiger partial charge in [0.15, 0.2) is 0 Å². The second kappa shape index (κ2) is 17.0. The first-order chi connectivity index (χ1) is 38.2. The standard InChI is InChI=1S/C75H48N2/c1-5-21-49(22-6-1)73-61-31-13-15-33-63(61)74(64-34-16-14-32-62(64)73)52-37-41-57-58-42-40-56(48-68(58)75(67(57)47-52,53-23-7-2-8-24-53)54-25-9-3-10-26-54)77-70-36-20-18-30-60(70)66-46-51(39-44-72(66)77)50-38-43-71-65(45-50)59-29-17-19-35-69(59)76(71)55-27-11-4-12-28-55/h1-48H. The van der Waals surface area contributed by atoms with E-state index in [-0.39, 0.29) is 0 Å². The lowest BCUT2D eigenvalue weighted by atomic mass is 9.67. The monoisotopic (exact) mass is 976 g/mol. The molecule has 1 aliphatic carbocycles. The zero-order valence-electron chi connectivity index (χ0n) is 42.1. The van der Waals surface area contributed by atoms with Gasteiger partial charge in [-0.15, -0.1) is 0 Å². The van der Waals surface area contributed by atoms with Crippen LogP contribution in [-0.4, -0.2) is 9.13 Å². The Balaban J connectivity index is 0.901. The summed E-state index contributed by atoms with van der Waals surface area (Å²) in [6, 6.07) is 108. The smallest absolute Gasteiger partial charge is 0.0714 e. The first-order valence-corrected chi connectivity index (χ1v) is 26.7. The molecule has 77 heavy (non-hydrogen) atoms. The molecule has 16 rings (SSSR count). The van der Waals surface area contributed by atoms with Crippen LogP contribution < -0.4 is 0 Å². The lowest BCUT2D eigenvalue weighted by molar-refractivity contribution is 0.768. The second-order valence-corrected chi connectivity index (χ2v) is 20.7. The van der Waals surface area contributed by atoms with Gasteiger partial charge in [0.25, 0.3) is 0 Å². The molecule has 2 heteroatoms. The molecule has 2 aromatic heterocycles. The van der Waals surface area contributed by atoms with E-state index in [4.69, 9.17) is 0 Å². The summed E-state index contributed by atoms with van der Waals surface area (Å²) < 4.78 is 4.88. The van der Waals surface area contributed by atoms with Gasteiger partial charge >= 0.3 is 0 Å². The van der Waals surface area contributed by atoms with Crippen LogP contribution in [0.25, 0.3) is 121 Å². The molecule has 0 amide bonds. The molecule has 0 atom stereocenters. The quantitative estimate of drug-likeness (QED) is 0.141. The van der Waals surface area contributed by atoms with Crippen molar-refractivity contribution in [3.63, 3.8) is 0 Å². The normalized spacial score (nSPS) is 12.8. The van der Waals surface area contributed by atoms with E-state index in [0.717, 1.165) is 11.4 Å². The van der Waals surface area contributed by atoms with Gasteiger partial charge in [0.2, 0.25) is 0 Å². The number of para-hydroxylation sites is 3. The van der Waals surface area contributed by atoms with Gasteiger partial charge in [-0.1, -0.05) is 224 Å². The van der Waals surface area contributed by atoms with Gasteiger partial charge in [-0.2, -0.15) is 0 Å². The SMILES string of the molecule is c1ccc(-c2c3ccccc3c(-c3ccc4c(c3)C(c3ccccc3)(c3ccccc3)c3cc(-n5c6ccccc6c6cc(-c7ccc8c(c7)c7ccccc7n8-c7ccccc7)ccc65)ccc3-4)c3ccccc23)cc1. The highest BCUT2D eigenvalue weighted by Crippen LogP contribution is 2.58. The highest BCUT2D eigenvalue weighted by atomic mass is 15.0. The number of benzene rings is 13. The number of hydrogen-bond donors (Lipinski definition) is 0. The van der Waals surface area contributed by atoms with E-state index in [1.165, 1.54) is 132 Å². The molecule has 13 aromatic carbocycles. The summed E-state index contributed by atoms with van der Waals surface area (Å²) in [6.45, 7) is 0. The van der Waals surface area contributed by atoms with E-state index in [1.54, 1.807) is 0 Å². The maximum atomic E-state index is 2.53. The fourth-order valence-electron chi connectivity index (χ4n) is 13.6. The summed E-state index contributed by atoms with van der Waals surface area (Å²) >= 11 is 0. The predicted molar refractivity (Wildman–Crippen MR) is 324 cm³/mol. The van der Waals surface area contributed by atoms with Gasteiger partial charge in [-0.05, 0) is 155 Å². The third kappa shape index (κ3) is 6.37. The number of rotatable bonds is 7. The summed E-state index contributed by atoms with van der Waals surface area (Å²) in [5, 5.41) is 9.97. The van der Waals surface area contributed by atoms with Crippen molar-refractivity contribution in [2.45, 2.75) is 5.41 Å². The molecule has 0 fully saturated rings. The van der Waals surface area contributed by atoms with Crippen molar-refractivity contribution in [3.8, 4) is 55.9 Å². The van der Waals surface area contributed by atoms with Crippen LogP contribution in [0, 0.1) is 0 Å². The maximum Gasteiger partial charge on any atom is 0.0714 e. The molecule has 0 bridgehead atoms. The van der Waals surface area contributed by atoms with Crippen LogP contribution in [0.3, 0.4) is 0 Å². The molecule has 358 valence electrons. The van der Waals surface area contributed by atoms with Crippen LogP contribution >= 0.6 is 0 Å². The van der Waals surface area contributed by atoms with Gasteiger partial charge < -0.3 is 9.13 Å². The molecular formula is C75H48N2. The molecule has 0 aliphatic heterocycles. The van der Waals surface area contributed by atoms with Crippen molar-refractivity contribution < 1.29 is 0 Å². The summed E-state index contributed by atoms with van der Waals surface area (Å²) in [5.41, 5.74) is 21.4. The van der Waals surface area contributed by atoms with Gasteiger partial charge in [-0.3, -0.25) is 0 Å². The minimum Gasteiger partial charge on any atom is -0.309 e. The van der Waals surface area contributed by atoms with Crippen molar-refractivity contribution >= 4 is 65.2 Å². The van der Waals surface area contributed by atoms with Crippen LogP contribution in [0.15, 0.2) is 291 Å². The molecule has 0 spiro atoms. The van der Waals surface area contributed by atoms with Crippen LogP contribution in [0.4, 0.5) is 0 Å². The number of hydrogen-bond acceptors (Lipinski definition) is 0. The van der Waals surface area contributed by atoms with E-state index < -0.39 is 5.41 Å². The van der Waals surface area contributed by atoms with Crippen LogP contribution in [0.2, 0.25) is 0 Å². The van der Waals surface area contributed by atoms with Crippen molar-refractivity contribution in [2.75, 3.05) is 0 Å². The Morgan fingerprint density at radius 3 is 1.12 bits per heavy atom. The Labute approximate surface area is 446 Å². The van der Waals surface area contributed by atoms with E-state index in [0.29, 0.717) is 0 Å². The molecule has 0 saturated carbocycles. The largest absolute Gasteiger partial charge is 0.309 e. The summed E-state index contributed by atoms with van der Waals surface area (Å²) in [4.78, 5) is 0. The first kappa shape index (κ1) is 43.4. The first-order valence-electron chi connectivity index (χ1n) is 26.7. The lowest BCUT2D eigenvalue weighted by Gasteiger charge is -2.34. The van der Waals surface area contributed by atoms with Crippen molar-refractivity contribution in [1.29, 1.82) is 0 Å². The zero-order valence-corrected chi connectivity index (χ0v) is 42.1. The minimum absolute atomic E-state index is 0.636. The van der Waals surface area contributed by atoms with Gasteiger partial charge in [-0.25, -0.2) is 0 Å². The minimum atomic E-state index is -0.636. The topological polar surface area (TPSA) is 9.86 Å². The second-order valence-electron chi connectivity index (χ2n) is 20.7. The van der Waals surface area contributed by atoms with Gasteiger partial charge in [0, 0.05) is 32.9 Å². The Morgan fingerprint density at radius 2 is 0.597 bits per heavy atom. The molecule has 1 aliphatic rings. The Kier molecular flexibility index (Phi) is 9.58. The maximum absolute atomic E-state index is 2.53. The fraction of sp³-hybridized carbons (Fsp3) is 0.0133. The van der Waals surface area contributed by atoms with Crippen LogP contribution in [0.5, 0.6) is 0 Å². The summed E-state index contributed by atoms with van der Waals surface area (Å²) in [5.74, 6) is 0. The van der Waals surface area contributed by atoms with E-state index >= 15 is 0 Å². The number of aromatic nitrogens is 2. The predicted octanol–water partition coefficient (Wildman–Crippen LogP) is 19.6.